The van der Waals surface area contributed by atoms with Gasteiger partial charge in [-0.2, -0.15) is 0 Å². The van der Waals surface area contributed by atoms with Crippen molar-refractivity contribution in [2.45, 2.75) is 57.3 Å². The molecule has 176 valence electrons. The molecular weight excluding hydrogens is 410 g/mol. The van der Waals surface area contributed by atoms with Crippen molar-refractivity contribution >= 4 is 11.8 Å². The number of nitrogens with one attached hydrogen (secondary N) is 1. The van der Waals surface area contributed by atoms with Crippen molar-refractivity contribution in [1.82, 2.24) is 10.2 Å². The number of ether oxygens (including phenoxy) is 4. The maximum atomic E-state index is 12.0. The van der Waals surface area contributed by atoms with Gasteiger partial charge in [0.15, 0.2) is 11.5 Å². The highest BCUT2D eigenvalue weighted by Crippen LogP contribution is 2.41. The molecular formula is C24H35N3O5. The Hall–Kier alpha value is -2.19. The number of hydrogen-bond donors (Lipinski definition) is 1. The minimum absolute atomic E-state index is 0.238. The molecule has 8 heteroatoms. The summed E-state index contributed by atoms with van der Waals surface area (Å²) in [6, 6.07) is 6.39. The summed E-state index contributed by atoms with van der Waals surface area (Å²) in [4.78, 5) is 17.0. The lowest BCUT2D eigenvalue weighted by Gasteiger charge is -2.37. The van der Waals surface area contributed by atoms with Crippen LogP contribution in [0.5, 0.6) is 11.5 Å². The summed E-state index contributed by atoms with van der Waals surface area (Å²) in [5.74, 6) is 2.50. The molecule has 4 aliphatic rings. The fraction of sp³-hybridized carbons (Fsp3) is 0.708. The molecule has 3 aliphatic heterocycles. The van der Waals surface area contributed by atoms with Crippen molar-refractivity contribution in [3.8, 4) is 11.5 Å². The number of benzene rings is 1. The van der Waals surface area contributed by atoms with Gasteiger partial charge in [0.1, 0.15) is 0 Å². The zero-order chi connectivity index (χ0) is 21.8. The molecule has 1 unspecified atom stereocenters. The number of carbonyl (C=O) groups excluding carboxylic acids is 1. The maximum absolute atomic E-state index is 12.0. The highest BCUT2D eigenvalue weighted by molar-refractivity contribution is 5.67. The third kappa shape index (κ3) is 5.23. The Balaban J connectivity index is 0.988. The molecule has 2 saturated heterocycles. The van der Waals surface area contributed by atoms with Crippen LogP contribution in [-0.4, -0.2) is 69.4 Å². The van der Waals surface area contributed by atoms with Crippen molar-refractivity contribution in [1.29, 1.82) is 0 Å². The van der Waals surface area contributed by atoms with E-state index in [0.717, 1.165) is 81.5 Å². The summed E-state index contributed by atoms with van der Waals surface area (Å²) in [6.07, 6.45) is 6.79. The largest absolute Gasteiger partial charge is 0.454 e. The quantitative estimate of drug-likeness (QED) is 0.720. The van der Waals surface area contributed by atoms with Crippen molar-refractivity contribution in [3.63, 3.8) is 0 Å². The maximum Gasteiger partial charge on any atom is 0.409 e. The number of nitrogens with zero attached hydrogens (tertiary/aromatic N) is 2. The highest BCUT2D eigenvalue weighted by Gasteiger charge is 2.27. The van der Waals surface area contributed by atoms with Crippen LogP contribution in [0.4, 0.5) is 10.5 Å². The summed E-state index contributed by atoms with van der Waals surface area (Å²) in [5.41, 5.74) is 1.16. The second kappa shape index (κ2) is 10.2. The Morgan fingerprint density at radius 1 is 1.06 bits per heavy atom. The van der Waals surface area contributed by atoms with Crippen LogP contribution in [0.2, 0.25) is 0 Å². The first kappa shape index (κ1) is 21.6. The first-order valence-corrected chi connectivity index (χ1v) is 12.2. The number of alkyl carbamates (subject to hydrolysis) is 1. The molecule has 0 bridgehead atoms. The molecule has 3 heterocycles. The topological polar surface area (TPSA) is 72.5 Å². The lowest BCUT2D eigenvalue weighted by atomic mass is 9.84. The van der Waals surface area contributed by atoms with Crippen LogP contribution in [0, 0.1) is 5.92 Å². The summed E-state index contributed by atoms with van der Waals surface area (Å²) in [5, 5.41) is 3.03. The highest BCUT2D eigenvalue weighted by atomic mass is 16.7. The van der Waals surface area contributed by atoms with Gasteiger partial charge < -0.3 is 29.2 Å². The number of fused-ring (bicyclic) bond motifs is 1. The van der Waals surface area contributed by atoms with E-state index in [1.165, 1.54) is 19.3 Å². The number of para-hydroxylation sites is 1. The number of piperazine rings is 1. The molecule has 0 radical (unpaired) electrons. The molecule has 1 aromatic carbocycles. The van der Waals surface area contributed by atoms with Gasteiger partial charge in [0.2, 0.25) is 13.1 Å². The molecule has 1 N–H and O–H groups in total. The molecule has 1 aliphatic carbocycles. The number of anilines is 1. The average molecular weight is 446 g/mol. The Kier molecular flexibility index (Phi) is 6.88. The van der Waals surface area contributed by atoms with E-state index in [9.17, 15) is 4.79 Å². The van der Waals surface area contributed by atoms with Gasteiger partial charge in [0.25, 0.3) is 0 Å². The molecule has 3 fully saturated rings. The van der Waals surface area contributed by atoms with Crippen LogP contribution in [-0.2, 0) is 9.47 Å². The predicted molar refractivity (Wildman–Crippen MR) is 120 cm³/mol. The second-order valence-electron chi connectivity index (χ2n) is 9.34. The van der Waals surface area contributed by atoms with Gasteiger partial charge in [0.05, 0.1) is 12.3 Å². The van der Waals surface area contributed by atoms with Crippen LogP contribution in [0.3, 0.4) is 0 Å². The molecule has 0 spiro atoms. The number of rotatable bonds is 6. The van der Waals surface area contributed by atoms with E-state index in [1.807, 2.05) is 12.1 Å². The first-order valence-electron chi connectivity index (χ1n) is 12.2. The lowest BCUT2D eigenvalue weighted by Crippen LogP contribution is -2.47. The van der Waals surface area contributed by atoms with Gasteiger partial charge in [-0.3, -0.25) is 4.90 Å². The fourth-order valence-corrected chi connectivity index (χ4v) is 5.30. The molecule has 1 amide bonds. The predicted octanol–water partition coefficient (Wildman–Crippen LogP) is 3.35. The molecule has 0 aromatic heterocycles. The molecule has 1 atom stereocenters. The third-order valence-corrected chi connectivity index (χ3v) is 7.24. The van der Waals surface area contributed by atoms with Crippen LogP contribution in [0.1, 0.15) is 44.9 Å². The fourth-order valence-electron chi connectivity index (χ4n) is 5.30. The van der Waals surface area contributed by atoms with Gasteiger partial charge in [0, 0.05) is 38.6 Å². The Bertz CT molecular complexity index is 769. The van der Waals surface area contributed by atoms with E-state index < -0.39 is 0 Å². The first-order chi connectivity index (χ1) is 15.7. The average Bonchev–Trinajstić information content (AvgIpc) is 3.51. The summed E-state index contributed by atoms with van der Waals surface area (Å²) < 4.78 is 21.9. The van der Waals surface area contributed by atoms with Crippen LogP contribution in [0.25, 0.3) is 0 Å². The Morgan fingerprint density at radius 3 is 2.69 bits per heavy atom. The third-order valence-electron chi connectivity index (χ3n) is 7.24. The summed E-state index contributed by atoms with van der Waals surface area (Å²) in [7, 11) is 0. The summed E-state index contributed by atoms with van der Waals surface area (Å²) in [6.45, 7) is 6.36. The molecule has 8 nitrogen and oxygen atoms in total. The van der Waals surface area contributed by atoms with E-state index in [0.29, 0.717) is 13.4 Å². The number of amides is 1. The number of carbonyl (C=O) groups is 1. The monoisotopic (exact) mass is 445 g/mol. The second-order valence-corrected chi connectivity index (χ2v) is 9.34. The van der Waals surface area contributed by atoms with E-state index >= 15 is 0 Å². The van der Waals surface area contributed by atoms with Gasteiger partial charge >= 0.3 is 6.09 Å². The van der Waals surface area contributed by atoms with Crippen molar-refractivity contribution in [2.75, 3.05) is 51.0 Å². The molecule has 1 saturated carbocycles. The molecule has 1 aromatic rings. The zero-order valence-corrected chi connectivity index (χ0v) is 18.8. The van der Waals surface area contributed by atoms with Gasteiger partial charge in [-0.15, -0.1) is 0 Å². The van der Waals surface area contributed by atoms with Crippen molar-refractivity contribution in [2.24, 2.45) is 5.92 Å². The SMILES string of the molecule is O=C(N[C@H]1CC[C@H](CCN2CCN(c3cccc4c3OCO4)CC2)CC1)OC1CCCO1. The van der Waals surface area contributed by atoms with Gasteiger partial charge in [-0.1, -0.05) is 6.07 Å². The van der Waals surface area contributed by atoms with Crippen LogP contribution in [0.15, 0.2) is 18.2 Å². The smallest absolute Gasteiger partial charge is 0.409 e. The number of hydrogen-bond acceptors (Lipinski definition) is 7. The van der Waals surface area contributed by atoms with E-state index in [2.05, 4.69) is 21.2 Å². The zero-order valence-electron chi connectivity index (χ0n) is 18.8. The lowest BCUT2D eigenvalue weighted by molar-refractivity contribution is -0.0688. The Morgan fingerprint density at radius 2 is 1.91 bits per heavy atom. The van der Waals surface area contributed by atoms with E-state index in [-0.39, 0.29) is 18.4 Å². The minimum atomic E-state index is -0.351. The van der Waals surface area contributed by atoms with E-state index in [1.54, 1.807) is 0 Å². The minimum Gasteiger partial charge on any atom is -0.454 e. The summed E-state index contributed by atoms with van der Waals surface area (Å²) >= 11 is 0. The van der Waals surface area contributed by atoms with E-state index in [4.69, 9.17) is 18.9 Å². The van der Waals surface area contributed by atoms with Crippen molar-refractivity contribution < 1.29 is 23.7 Å². The van der Waals surface area contributed by atoms with Gasteiger partial charge in [-0.05, 0) is 63.1 Å². The Labute approximate surface area is 190 Å². The van der Waals surface area contributed by atoms with Crippen LogP contribution < -0.4 is 19.7 Å². The normalized spacial score (nSPS) is 28.0. The van der Waals surface area contributed by atoms with Crippen LogP contribution >= 0.6 is 0 Å². The van der Waals surface area contributed by atoms with Crippen molar-refractivity contribution in [3.05, 3.63) is 18.2 Å². The molecule has 32 heavy (non-hydrogen) atoms. The molecule has 5 rings (SSSR count). The standard InChI is InChI=1S/C24H35N3O5/c28-24(32-22-5-2-16-29-22)25-19-8-6-18(7-9-19)10-11-26-12-14-27(15-13-26)20-3-1-4-21-23(20)31-17-30-21/h1,3-4,18-19,22H,2,5-17H2,(H,25,28)/t18-,19-,22?. The van der Waals surface area contributed by atoms with Gasteiger partial charge in [-0.25, -0.2) is 4.79 Å².